The number of anilines is 1. The van der Waals surface area contributed by atoms with Crippen molar-refractivity contribution in [3.8, 4) is 0 Å². The number of rotatable bonds is 4. The van der Waals surface area contributed by atoms with E-state index in [1.807, 2.05) is 24.5 Å². The predicted octanol–water partition coefficient (Wildman–Crippen LogP) is 1.42. The first-order chi connectivity index (χ1) is 8.78. The molecule has 1 aromatic rings. The number of piperidine rings is 1. The van der Waals surface area contributed by atoms with Crippen molar-refractivity contribution in [1.29, 1.82) is 0 Å². The van der Waals surface area contributed by atoms with Crippen molar-refractivity contribution in [2.75, 3.05) is 31.2 Å². The Morgan fingerprint density at radius 3 is 2.83 bits per heavy atom. The summed E-state index contributed by atoms with van der Waals surface area (Å²) < 4.78 is 0. The Kier molecular flexibility index (Phi) is 5.08. The molecule has 1 amide bonds. The van der Waals surface area contributed by atoms with Crippen molar-refractivity contribution in [2.24, 2.45) is 0 Å². The average molecular weight is 265 g/mol. The van der Waals surface area contributed by atoms with Crippen LogP contribution in [-0.4, -0.2) is 31.8 Å². The minimum Gasteiger partial charge on any atom is -0.327 e. The Morgan fingerprint density at radius 2 is 2.11 bits per heavy atom. The van der Waals surface area contributed by atoms with E-state index in [0.717, 1.165) is 18.8 Å². The maximum atomic E-state index is 11.9. The number of carbonyl (C=O) groups is 1. The maximum Gasteiger partial charge on any atom is 0.279 e. The van der Waals surface area contributed by atoms with Crippen molar-refractivity contribution >= 4 is 23.4 Å². The molecule has 1 saturated heterocycles. The Morgan fingerprint density at radius 1 is 1.33 bits per heavy atom. The fraction of sp³-hybridized carbons (Fsp3) is 0.500. The van der Waals surface area contributed by atoms with E-state index in [4.69, 9.17) is 0 Å². The smallest absolute Gasteiger partial charge is 0.279 e. The lowest BCUT2D eigenvalue weighted by Gasteiger charge is -2.22. The van der Waals surface area contributed by atoms with Crippen molar-refractivity contribution < 1.29 is 9.69 Å². The van der Waals surface area contributed by atoms with E-state index in [2.05, 4.69) is 11.4 Å². The molecule has 0 spiro atoms. The lowest BCUT2D eigenvalue weighted by atomic mass is 10.1. The average Bonchev–Trinajstić information content (AvgIpc) is 2.40. The highest BCUT2D eigenvalue weighted by molar-refractivity contribution is 7.98. The molecular weight excluding hydrogens is 244 g/mol. The molecule has 1 aromatic carbocycles. The molecule has 1 fully saturated rings. The second-order valence-corrected chi connectivity index (χ2v) is 5.65. The lowest BCUT2D eigenvalue weighted by Crippen LogP contribution is -3.13. The molecule has 1 aliphatic heterocycles. The summed E-state index contributed by atoms with van der Waals surface area (Å²) in [6.07, 6.45) is 5.87. The zero-order chi connectivity index (χ0) is 12.8. The van der Waals surface area contributed by atoms with Crippen LogP contribution in [-0.2, 0) is 4.79 Å². The molecule has 2 rings (SSSR count). The van der Waals surface area contributed by atoms with Crippen LogP contribution in [0.25, 0.3) is 0 Å². The number of hydrogen-bond donors (Lipinski definition) is 2. The Bertz CT molecular complexity index is 403. The van der Waals surface area contributed by atoms with Crippen LogP contribution in [0.4, 0.5) is 5.69 Å². The minimum absolute atomic E-state index is 0.130. The minimum atomic E-state index is 0.130. The topological polar surface area (TPSA) is 33.5 Å². The van der Waals surface area contributed by atoms with Crippen LogP contribution in [0.15, 0.2) is 29.2 Å². The number of quaternary nitrogens is 1. The molecule has 0 unspecified atom stereocenters. The summed E-state index contributed by atoms with van der Waals surface area (Å²) in [6.45, 7) is 2.88. The maximum absolute atomic E-state index is 11.9. The van der Waals surface area contributed by atoms with Crippen molar-refractivity contribution in [3.63, 3.8) is 0 Å². The van der Waals surface area contributed by atoms with Gasteiger partial charge in [0.05, 0.1) is 13.1 Å². The van der Waals surface area contributed by atoms with Gasteiger partial charge < -0.3 is 10.2 Å². The highest BCUT2D eigenvalue weighted by atomic mass is 32.2. The van der Waals surface area contributed by atoms with Gasteiger partial charge in [-0.1, -0.05) is 6.07 Å². The summed E-state index contributed by atoms with van der Waals surface area (Å²) in [4.78, 5) is 14.5. The first-order valence-electron chi connectivity index (χ1n) is 6.55. The van der Waals surface area contributed by atoms with Gasteiger partial charge >= 0.3 is 0 Å². The standard InChI is InChI=1S/C14H20N2OS/c1-18-13-7-5-6-12(10-13)15-14(17)11-16-8-3-2-4-9-16/h5-7,10H,2-4,8-9,11H2,1H3,(H,15,17)/p+1. The molecule has 2 N–H and O–H groups in total. The van der Waals surface area contributed by atoms with Gasteiger partial charge in [-0.05, 0) is 43.7 Å². The Hall–Kier alpha value is -1.00. The fourth-order valence-electron chi connectivity index (χ4n) is 2.36. The van der Waals surface area contributed by atoms with E-state index in [-0.39, 0.29) is 5.91 Å². The van der Waals surface area contributed by atoms with E-state index >= 15 is 0 Å². The first kappa shape index (κ1) is 13.4. The SMILES string of the molecule is CSc1cccc(NC(=O)C[NH+]2CCCCC2)c1. The molecule has 98 valence electrons. The third-order valence-corrected chi connectivity index (χ3v) is 4.05. The highest BCUT2D eigenvalue weighted by Gasteiger charge is 2.17. The molecule has 0 radical (unpaired) electrons. The van der Waals surface area contributed by atoms with Crippen molar-refractivity contribution in [1.82, 2.24) is 0 Å². The van der Waals surface area contributed by atoms with E-state index < -0.39 is 0 Å². The molecule has 0 aromatic heterocycles. The number of carbonyl (C=O) groups excluding carboxylic acids is 1. The molecule has 0 atom stereocenters. The number of thioether (sulfide) groups is 1. The number of benzene rings is 1. The van der Waals surface area contributed by atoms with Gasteiger partial charge in [0, 0.05) is 10.6 Å². The molecule has 1 aliphatic rings. The van der Waals surface area contributed by atoms with Crippen LogP contribution in [0.3, 0.4) is 0 Å². The number of likely N-dealkylation sites (tertiary alicyclic amines) is 1. The largest absolute Gasteiger partial charge is 0.327 e. The van der Waals surface area contributed by atoms with Gasteiger partial charge in [0.2, 0.25) is 0 Å². The van der Waals surface area contributed by atoms with Gasteiger partial charge in [-0.15, -0.1) is 11.8 Å². The Labute approximate surface area is 113 Å². The van der Waals surface area contributed by atoms with Gasteiger partial charge in [0.15, 0.2) is 6.54 Å². The lowest BCUT2D eigenvalue weighted by molar-refractivity contribution is -0.896. The van der Waals surface area contributed by atoms with Crippen molar-refractivity contribution in [2.45, 2.75) is 24.2 Å². The van der Waals surface area contributed by atoms with Crippen molar-refractivity contribution in [3.05, 3.63) is 24.3 Å². The molecule has 0 aliphatic carbocycles. The van der Waals surface area contributed by atoms with Gasteiger partial charge in [-0.2, -0.15) is 0 Å². The quantitative estimate of drug-likeness (QED) is 0.807. The van der Waals surface area contributed by atoms with Crippen LogP contribution < -0.4 is 10.2 Å². The number of nitrogens with one attached hydrogen (secondary N) is 2. The third-order valence-electron chi connectivity index (χ3n) is 3.32. The second-order valence-electron chi connectivity index (χ2n) is 4.77. The van der Waals surface area contributed by atoms with E-state index in [1.54, 1.807) is 11.8 Å². The van der Waals surface area contributed by atoms with Crippen LogP contribution >= 0.6 is 11.8 Å². The van der Waals surface area contributed by atoms with Gasteiger partial charge in [0.1, 0.15) is 0 Å². The highest BCUT2D eigenvalue weighted by Crippen LogP contribution is 2.18. The van der Waals surface area contributed by atoms with Crippen LogP contribution in [0.5, 0.6) is 0 Å². The normalized spacial score (nSPS) is 16.5. The van der Waals surface area contributed by atoms with Crippen LogP contribution in [0.1, 0.15) is 19.3 Å². The number of hydrogen-bond acceptors (Lipinski definition) is 2. The number of amides is 1. The molecular formula is C14H21N2OS+. The van der Waals surface area contributed by atoms with E-state index in [9.17, 15) is 4.79 Å². The van der Waals surface area contributed by atoms with Gasteiger partial charge in [-0.3, -0.25) is 4.79 Å². The molecule has 0 bridgehead atoms. The van der Waals surface area contributed by atoms with Gasteiger partial charge in [-0.25, -0.2) is 0 Å². The monoisotopic (exact) mass is 265 g/mol. The van der Waals surface area contributed by atoms with Crippen LogP contribution in [0.2, 0.25) is 0 Å². The summed E-state index contributed by atoms with van der Waals surface area (Å²) in [5.74, 6) is 0.130. The molecule has 0 saturated carbocycles. The first-order valence-corrected chi connectivity index (χ1v) is 7.78. The fourth-order valence-corrected chi connectivity index (χ4v) is 2.82. The Balaban J connectivity index is 1.85. The van der Waals surface area contributed by atoms with E-state index in [1.165, 1.54) is 29.1 Å². The molecule has 3 nitrogen and oxygen atoms in total. The summed E-state index contributed by atoms with van der Waals surface area (Å²) >= 11 is 1.69. The molecule has 1 heterocycles. The van der Waals surface area contributed by atoms with E-state index in [0.29, 0.717) is 6.54 Å². The zero-order valence-electron chi connectivity index (χ0n) is 10.9. The second kappa shape index (κ2) is 6.81. The van der Waals surface area contributed by atoms with Crippen LogP contribution in [0, 0.1) is 0 Å². The molecule has 4 heteroatoms. The predicted molar refractivity (Wildman–Crippen MR) is 76.3 cm³/mol. The summed E-state index contributed by atoms with van der Waals surface area (Å²) in [5, 5.41) is 2.99. The zero-order valence-corrected chi connectivity index (χ0v) is 11.7. The molecule has 18 heavy (non-hydrogen) atoms. The summed E-state index contributed by atoms with van der Waals surface area (Å²) in [7, 11) is 0. The summed E-state index contributed by atoms with van der Waals surface area (Å²) in [6, 6.07) is 8.00. The van der Waals surface area contributed by atoms with Gasteiger partial charge in [0.25, 0.3) is 5.91 Å². The third kappa shape index (κ3) is 4.03. The summed E-state index contributed by atoms with van der Waals surface area (Å²) in [5.41, 5.74) is 0.906.